The fourth-order valence-electron chi connectivity index (χ4n) is 8.66. The van der Waals surface area contributed by atoms with E-state index in [1.165, 1.54) is 55.5 Å². The van der Waals surface area contributed by atoms with Crippen molar-refractivity contribution >= 4 is 82.3 Å². The van der Waals surface area contributed by atoms with Crippen molar-refractivity contribution in [3.05, 3.63) is 285 Å². The van der Waals surface area contributed by atoms with Gasteiger partial charge in [-0.3, -0.25) is 29.1 Å². The standard InChI is InChI=1S/C23H22N2O5S.C21H18N2O6S.C21H19NO4S/c1-16(26)24-20-11-13-22(14-12-20)31(29,30)25-21-9-7-17(8-10-21)5-6-18-3-2-4-19(15-18)23(27)28;24-21(25)17-5-3-4-16(14-17)9-8-15-10-12-18(13-11-15)22-30(28,29)20-7-2-1-6-19(20)23(26)27;23-21(24)18-6-4-5-17(15-18)10-9-16-11-13-19(14-12-16)22-27(25,26)20-7-2-1-3-8-20/h2-4,7-15,25H,5-6H2,1H3,(H,24,26)(H,27,28);1-7,10-14,22H,8-9H2,(H,24,25);1-8,11-15,22H,9-10H2,(H,23,24). The van der Waals surface area contributed by atoms with Crippen LogP contribution in [-0.2, 0) is 73.4 Å². The van der Waals surface area contributed by atoms with Crippen molar-refractivity contribution in [1.29, 1.82) is 0 Å². The van der Waals surface area contributed by atoms with Crippen molar-refractivity contribution in [1.82, 2.24) is 0 Å². The first-order valence-corrected chi connectivity index (χ1v) is 31.4. The number of hydrogen-bond donors (Lipinski definition) is 7. The normalized spacial score (nSPS) is 11.1. The molecule has 0 heterocycles. The summed E-state index contributed by atoms with van der Waals surface area (Å²) in [5.74, 6) is -3.11. The van der Waals surface area contributed by atoms with E-state index >= 15 is 0 Å². The summed E-state index contributed by atoms with van der Waals surface area (Å²) < 4.78 is 82.3. The first-order chi connectivity index (χ1) is 41.9. The predicted octanol–water partition coefficient (Wildman–Crippen LogP) is 11.8. The van der Waals surface area contributed by atoms with Crippen LogP contribution in [0.1, 0.15) is 71.4 Å². The first-order valence-electron chi connectivity index (χ1n) is 26.9. The zero-order valence-electron chi connectivity index (χ0n) is 47.0. The minimum Gasteiger partial charge on any atom is -0.478 e. The number of carboxylic acids is 3. The second-order valence-corrected chi connectivity index (χ2v) is 24.7. The molecule has 452 valence electrons. The third-order valence-corrected chi connectivity index (χ3v) is 17.4. The number of carbonyl (C=O) groups is 4. The lowest BCUT2D eigenvalue weighted by atomic mass is 10.0. The monoisotopic (exact) mass is 1250 g/mol. The summed E-state index contributed by atoms with van der Waals surface area (Å²) in [5.41, 5.74) is 7.73. The molecule has 7 N–H and O–H groups in total. The highest BCUT2D eigenvalue weighted by atomic mass is 32.2. The number of benzene rings is 9. The lowest BCUT2D eigenvalue weighted by Gasteiger charge is -2.10. The van der Waals surface area contributed by atoms with Gasteiger partial charge in [-0.2, -0.15) is 0 Å². The highest BCUT2D eigenvalue weighted by Gasteiger charge is 2.25. The summed E-state index contributed by atoms with van der Waals surface area (Å²) in [5, 5.41) is 40.9. The number of carboxylic acid groups (broad SMARTS) is 3. The molecule has 0 fully saturated rings. The van der Waals surface area contributed by atoms with Crippen LogP contribution >= 0.6 is 0 Å². The molecule has 88 heavy (non-hydrogen) atoms. The van der Waals surface area contributed by atoms with Crippen LogP contribution in [0.4, 0.5) is 28.4 Å². The molecule has 0 aliphatic heterocycles. The molecule has 0 saturated carbocycles. The molecule has 1 amide bonds. The van der Waals surface area contributed by atoms with E-state index in [0.717, 1.165) is 45.9 Å². The minimum absolute atomic E-state index is 0.0870. The maximum Gasteiger partial charge on any atom is 0.335 e. The number of para-hydroxylation sites is 1. The van der Waals surface area contributed by atoms with Crippen molar-refractivity contribution in [3.63, 3.8) is 0 Å². The lowest BCUT2D eigenvalue weighted by molar-refractivity contribution is -0.387. The first kappa shape index (κ1) is 65.1. The predicted molar refractivity (Wildman–Crippen MR) is 334 cm³/mol. The number of rotatable bonds is 23. The maximum absolute atomic E-state index is 12.6. The molecule has 0 atom stereocenters. The molecule has 9 aromatic rings. The van der Waals surface area contributed by atoms with E-state index in [0.29, 0.717) is 49.2 Å². The lowest BCUT2D eigenvalue weighted by Crippen LogP contribution is -2.14. The van der Waals surface area contributed by atoms with E-state index in [1.807, 2.05) is 42.5 Å². The highest BCUT2D eigenvalue weighted by molar-refractivity contribution is 7.93. The molecule has 23 heteroatoms. The van der Waals surface area contributed by atoms with Gasteiger partial charge >= 0.3 is 17.9 Å². The molecule has 0 aliphatic rings. The van der Waals surface area contributed by atoms with E-state index in [-0.39, 0.29) is 38.1 Å². The summed E-state index contributed by atoms with van der Waals surface area (Å²) in [4.78, 5) is 54.5. The van der Waals surface area contributed by atoms with E-state index < -0.39 is 63.5 Å². The number of carbonyl (C=O) groups excluding carboxylic acids is 1. The Balaban J connectivity index is 0.000000189. The Morgan fingerprint density at radius 1 is 0.375 bits per heavy atom. The number of anilines is 4. The SMILES string of the molecule is CC(=O)Nc1ccc(S(=O)(=O)Nc2ccc(CCc3cccc(C(=O)O)c3)cc2)cc1.O=C(O)c1cccc(CCc2ccc(NS(=O)(=O)c3ccccc3)cc2)c1.O=C(O)c1cccc(CCc2ccc(NS(=O)(=O)c3ccccc3[N+](=O)[O-])cc2)c1. The van der Waals surface area contributed by atoms with Crippen molar-refractivity contribution in [3.8, 4) is 0 Å². The van der Waals surface area contributed by atoms with E-state index in [4.69, 9.17) is 15.3 Å². The van der Waals surface area contributed by atoms with Crippen LogP contribution in [0.25, 0.3) is 0 Å². The van der Waals surface area contributed by atoms with Gasteiger partial charge in [0.2, 0.25) is 5.91 Å². The molecule has 20 nitrogen and oxygen atoms in total. The van der Waals surface area contributed by atoms with E-state index in [1.54, 1.807) is 127 Å². The molecule has 9 rings (SSSR count). The summed E-state index contributed by atoms with van der Waals surface area (Å²) in [6.45, 7) is 1.38. The van der Waals surface area contributed by atoms with Gasteiger partial charge in [0.15, 0.2) is 4.90 Å². The van der Waals surface area contributed by atoms with Gasteiger partial charge in [0.05, 0.1) is 31.4 Å². The van der Waals surface area contributed by atoms with Crippen LogP contribution in [0.15, 0.2) is 239 Å². The van der Waals surface area contributed by atoms with E-state index in [2.05, 4.69) is 19.5 Å². The number of aryl methyl sites for hydroxylation is 6. The van der Waals surface area contributed by atoms with Crippen molar-refractivity contribution in [2.75, 3.05) is 19.5 Å². The Hall–Kier alpha value is -10.5. The summed E-state index contributed by atoms with van der Waals surface area (Å²) >= 11 is 0. The molecule has 0 aliphatic carbocycles. The Morgan fingerprint density at radius 2 is 0.693 bits per heavy atom. The summed E-state index contributed by atoms with van der Waals surface area (Å²) in [6, 6.07) is 60.5. The van der Waals surface area contributed by atoms with Crippen molar-refractivity contribution in [2.24, 2.45) is 0 Å². The molecule has 0 unspecified atom stereocenters. The van der Waals surface area contributed by atoms with Crippen LogP contribution in [0.2, 0.25) is 0 Å². The number of nitrogens with zero attached hydrogens (tertiary/aromatic N) is 1. The second kappa shape index (κ2) is 30.0. The number of sulfonamides is 3. The molecule has 0 spiro atoms. The van der Waals surface area contributed by atoms with Crippen LogP contribution in [0, 0.1) is 10.1 Å². The quantitative estimate of drug-likeness (QED) is 0.0231. The average molecular weight is 1250 g/mol. The number of hydrogen-bond acceptors (Lipinski definition) is 12. The largest absolute Gasteiger partial charge is 0.478 e. The second-order valence-electron chi connectivity index (χ2n) is 19.7. The molecule has 9 aromatic carbocycles. The van der Waals surface area contributed by atoms with Crippen LogP contribution in [0.5, 0.6) is 0 Å². The number of amides is 1. The number of nitro benzene ring substituents is 1. The number of nitro groups is 1. The molecular formula is C65H59N5O15S3. The van der Waals surface area contributed by atoms with Gasteiger partial charge < -0.3 is 20.6 Å². The smallest absolute Gasteiger partial charge is 0.335 e. The molecular weight excluding hydrogens is 1190 g/mol. The Morgan fingerprint density at radius 3 is 1.05 bits per heavy atom. The van der Waals surface area contributed by atoms with Crippen LogP contribution in [0.3, 0.4) is 0 Å². The van der Waals surface area contributed by atoms with Gasteiger partial charge in [-0.1, -0.05) is 103 Å². The Bertz CT molecular complexity index is 4290. The van der Waals surface area contributed by atoms with Gasteiger partial charge in [0.25, 0.3) is 35.8 Å². The molecule has 0 radical (unpaired) electrons. The molecule has 0 bridgehead atoms. The fourth-order valence-corrected chi connectivity index (χ4v) is 12.0. The number of aromatic carboxylic acids is 3. The zero-order chi connectivity index (χ0) is 63.4. The van der Waals surface area contributed by atoms with Gasteiger partial charge in [0, 0.05) is 35.7 Å². The third-order valence-electron chi connectivity index (χ3n) is 13.1. The summed E-state index contributed by atoms with van der Waals surface area (Å²) in [6.07, 6.45) is 4.07. The molecule has 0 saturated heterocycles. The zero-order valence-corrected chi connectivity index (χ0v) is 49.5. The highest BCUT2D eigenvalue weighted by Crippen LogP contribution is 2.27. The maximum atomic E-state index is 12.6. The van der Waals surface area contributed by atoms with Gasteiger partial charge in [-0.25, -0.2) is 39.6 Å². The molecule has 0 aromatic heterocycles. The minimum atomic E-state index is -4.12. The van der Waals surface area contributed by atoms with Gasteiger partial charge in [-0.05, 0) is 187 Å². The number of nitrogens with one attached hydrogen (secondary N) is 4. The van der Waals surface area contributed by atoms with Crippen LogP contribution < -0.4 is 19.5 Å². The van der Waals surface area contributed by atoms with Gasteiger partial charge in [0.1, 0.15) is 0 Å². The Kier molecular flexibility index (Phi) is 22.2. The van der Waals surface area contributed by atoms with Gasteiger partial charge in [-0.15, -0.1) is 0 Å². The van der Waals surface area contributed by atoms with Crippen LogP contribution in [-0.4, -0.2) is 69.3 Å². The van der Waals surface area contributed by atoms with E-state index in [9.17, 15) is 54.5 Å². The Labute approximate surface area is 508 Å². The third kappa shape index (κ3) is 19.5. The summed E-state index contributed by atoms with van der Waals surface area (Å²) in [7, 11) is -11.5. The topological polar surface area (TPSA) is 323 Å². The van der Waals surface area contributed by atoms with Crippen molar-refractivity contribution < 1.29 is 64.7 Å². The van der Waals surface area contributed by atoms with Crippen molar-refractivity contribution in [2.45, 2.75) is 60.1 Å². The fraction of sp³-hybridized carbons (Fsp3) is 0.108. The average Bonchev–Trinajstić information content (AvgIpc) is 3.71.